The molecule has 3 aliphatic heterocycles. The lowest BCUT2D eigenvalue weighted by Gasteiger charge is -2.49. The Morgan fingerprint density at radius 2 is 2.04 bits per heavy atom. The van der Waals surface area contributed by atoms with Gasteiger partial charge in [-0.2, -0.15) is 5.10 Å². The van der Waals surface area contributed by atoms with Crippen LogP contribution in [0.2, 0.25) is 0 Å². The summed E-state index contributed by atoms with van der Waals surface area (Å²) in [5, 5.41) is 17.1. The van der Waals surface area contributed by atoms with Gasteiger partial charge in [0.25, 0.3) is 0 Å². The third-order valence-corrected chi connectivity index (χ3v) is 6.47. The van der Waals surface area contributed by atoms with E-state index in [1.54, 1.807) is 0 Å². The summed E-state index contributed by atoms with van der Waals surface area (Å²) in [6, 6.07) is 0. The quantitative estimate of drug-likeness (QED) is 0.921. The van der Waals surface area contributed by atoms with Crippen LogP contribution in [0.15, 0.2) is 12.4 Å². The maximum absolute atomic E-state index is 11.1. The van der Waals surface area contributed by atoms with Crippen molar-refractivity contribution in [3.8, 4) is 0 Å². The number of pyridine rings is 1. The van der Waals surface area contributed by atoms with E-state index in [1.165, 1.54) is 31.6 Å². The Balaban J connectivity index is 1.57. The van der Waals surface area contributed by atoms with Gasteiger partial charge >= 0.3 is 0 Å². The number of hydrogen-bond donors (Lipinski definition) is 1. The van der Waals surface area contributed by atoms with Crippen molar-refractivity contribution in [1.29, 1.82) is 0 Å². The van der Waals surface area contributed by atoms with Crippen LogP contribution in [0.25, 0.3) is 10.9 Å². The zero-order valence-corrected chi connectivity index (χ0v) is 13.6. The Morgan fingerprint density at radius 1 is 1.22 bits per heavy atom. The number of aryl methyl sites for hydroxylation is 1. The molecule has 5 heteroatoms. The van der Waals surface area contributed by atoms with E-state index in [9.17, 15) is 5.11 Å². The zero-order chi connectivity index (χ0) is 15.6. The molecule has 1 aliphatic carbocycles. The first-order chi connectivity index (χ1) is 11.3. The second-order valence-corrected chi connectivity index (χ2v) is 7.50. The topological polar surface area (TPSA) is 54.2 Å². The average molecular weight is 312 g/mol. The molecule has 3 fully saturated rings. The highest BCUT2D eigenvalue weighted by molar-refractivity contribution is 5.86. The van der Waals surface area contributed by atoms with E-state index in [-0.39, 0.29) is 0 Å². The predicted molar refractivity (Wildman–Crippen MR) is 88.0 cm³/mol. The van der Waals surface area contributed by atoms with Crippen LogP contribution in [0.5, 0.6) is 0 Å². The molecule has 2 aromatic rings. The number of piperidine rings is 3. The molecule has 5 heterocycles. The number of aliphatic hydroxyl groups excluding tert-OH is 1. The molecule has 6 rings (SSSR count). The van der Waals surface area contributed by atoms with Crippen LogP contribution in [-0.2, 0) is 13.0 Å². The van der Waals surface area contributed by atoms with Crippen molar-refractivity contribution < 1.29 is 5.11 Å². The van der Waals surface area contributed by atoms with Gasteiger partial charge in [0.15, 0.2) is 0 Å². The second-order valence-electron chi connectivity index (χ2n) is 7.50. The summed E-state index contributed by atoms with van der Waals surface area (Å²) in [5.41, 5.74) is 3.25. The van der Waals surface area contributed by atoms with Crippen LogP contribution in [0, 0.1) is 17.8 Å². The molecule has 0 saturated carbocycles. The summed E-state index contributed by atoms with van der Waals surface area (Å²) in [4.78, 5) is 6.97. The van der Waals surface area contributed by atoms with Gasteiger partial charge in [-0.1, -0.05) is 0 Å². The largest absolute Gasteiger partial charge is 0.388 e. The van der Waals surface area contributed by atoms with Gasteiger partial charge in [-0.05, 0) is 57.0 Å². The predicted octanol–water partition coefficient (Wildman–Crippen LogP) is 2.00. The minimum atomic E-state index is -0.390. The normalized spacial score (nSPS) is 35.8. The lowest BCUT2D eigenvalue weighted by molar-refractivity contribution is -0.0285. The van der Waals surface area contributed by atoms with Crippen molar-refractivity contribution in [1.82, 2.24) is 19.7 Å². The number of fused-ring (bicyclic) bond motifs is 3. The first-order valence-electron chi connectivity index (χ1n) is 9.00. The third kappa shape index (κ3) is 1.93. The molecule has 3 atom stereocenters. The summed E-state index contributed by atoms with van der Waals surface area (Å²) in [7, 11) is 0. The third-order valence-electron chi connectivity index (χ3n) is 6.47. The van der Waals surface area contributed by atoms with Crippen LogP contribution in [0.1, 0.15) is 37.1 Å². The molecule has 4 aliphatic rings. The summed E-state index contributed by atoms with van der Waals surface area (Å²) >= 11 is 0. The lowest BCUT2D eigenvalue weighted by Crippen LogP contribution is -2.51. The standard InChI is InChI=1S/C18H24N4O/c1-2-22-16-9-19-8-13-17(16)15(20-22)7-12(18(13)23)14-10-21-5-3-11(14)4-6-21/h8-9,11-12,14,18,23H,2-7,10H2,1H3/t12-,14?,18?/m0/s1. The van der Waals surface area contributed by atoms with Crippen LogP contribution in [-0.4, -0.2) is 44.4 Å². The Hall–Kier alpha value is -1.46. The molecule has 0 amide bonds. The molecule has 122 valence electrons. The van der Waals surface area contributed by atoms with Gasteiger partial charge < -0.3 is 10.0 Å². The molecular weight excluding hydrogens is 288 g/mol. The van der Waals surface area contributed by atoms with E-state index in [0.717, 1.165) is 41.9 Å². The first kappa shape index (κ1) is 13.9. The van der Waals surface area contributed by atoms with E-state index in [1.807, 2.05) is 17.1 Å². The van der Waals surface area contributed by atoms with Crippen molar-refractivity contribution in [2.24, 2.45) is 17.8 Å². The fourth-order valence-electron chi connectivity index (χ4n) is 5.28. The first-order valence-corrected chi connectivity index (χ1v) is 9.00. The number of hydrogen-bond acceptors (Lipinski definition) is 4. The fraction of sp³-hybridized carbons (Fsp3) is 0.667. The highest BCUT2D eigenvalue weighted by atomic mass is 16.3. The van der Waals surface area contributed by atoms with Crippen LogP contribution < -0.4 is 0 Å². The van der Waals surface area contributed by atoms with Gasteiger partial charge in [0, 0.05) is 30.2 Å². The van der Waals surface area contributed by atoms with E-state index < -0.39 is 6.10 Å². The van der Waals surface area contributed by atoms with Crippen molar-refractivity contribution in [2.45, 2.75) is 38.8 Å². The smallest absolute Gasteiger partial charge is 0.0872 e. The van der Waals surface area contributed by atoms with Crippen molar-refractivity contribution in [2.75, 3.05) is 19.6 Å². The SMILES string of the molecule is CCn1nc2c3c(cncc31)C(O)[C@H](C1CN3CCC1CC3)C2. The van der Waals surface area contributed by atoms with Crippen LogP contribution in [0.4, 0.5) is 0 Å². The minimum Gasteiger partial charge on any atom is -0.388 e. The molecule has 0 spiro atoms. The molecule has 3 saturated heterocycles. The molecule has 0 radical (unpaired) electrons. The van der Waals surface area contributed by atoms with Gasteiger partial charge in [0.1, 0.15) is 0 Å². The monoisotopic (exact) mass is 312 g/mol. The molecule has 23 heavy (non-hydrogen) atoms. The van der Waals surface area contributed by atoms with Crippen LogP contribution in [0.3, 0.4) is 0 Å². The minimum absolute atomic E-state index is 0.295. The van der Waals surface area contributed by atoms with Gasteiger partial charge in [0.05, 0.1) is 23.5 Å². The lowest BCUT2D eigenvalue weighted by atomic mass is 9.67. The Bertz CT molecular complexity index is 747. The number of nitrogens with zero attached hydrogens (tertiary/aromatic N) is 4. The molecule has 0 aromatic carbocycles. The van der Waals surface area contributed by atoms with E-state index in [2.05, 4.69) is 16.8 Å². The van der Waals surface area contributed by atoms with Gasteiger partial charge in [-0.15, -0.1) is 0 Å². The maximum Gasteiger partial charge on any atom is 0.0872 e. The van der Waals surface area contributed by atoms with E-state index in [4.69, 9.17) is 5.10 Å². The van der Waals surface area contributed by atoms with E-state index in [0.29, 0.717) is 11.8 Å². The Labute approximate surface area is 136 Å². The molecular formula is C18H24N4O. The molecule has 2 bridgehead atoms. The van der Waals surface area contributed by atoms with Crippen LogP contribution >= 0.6 is 0 Å². The Kier molecular flexibility index (Phi) is 3.04. The molecule has 2 unspecified atom stereocenters. The van der Waals surface area contributed by atoms with Crippen molar-refractivity contribution >= 4 is 10.9 Å². The summed E-state index contributed by atoms with van der Waals surface area (Å²) < 4.78 is 2.03. The van der Waals surface area contributed by atoms with Gasteiger partial charge in [-0.3, -0.25) is 9.67 Å². The number of rotatable bonds is 2. The summed E-state index contributed by atoms with van der Waals surface area (Å²) in [6.07, 6.45) is 6.88. The highest BCUT2D eigenvalue weighted by Crippen LogP contribution is 2.46. The zero-order valence-electron chi connectivity index (χ0n) is 13.6. The highest BCUT2D eigenvalue weighted by Gasteiger charge is 2.44. The molecule has 5 nitrogen and oxygen atoms in total. The van der Waals surface area contributed by atoms with Crippen molar-refractivity contribution in [3.63, 3.8) is 0 Å². The second kappa shape index (κ2) is 5.02. The number of aromatic nitrogens is 3. The van der Waals surface area contributed by atoms with Crippen molar-refractivity contribution in [3.05, 3.63) is 23.7 Å². The molecule has 1 N–H and O–H groups in total. The maximum atomic E-state index is 11.1. The summed E-state index contributed by atoms with van der Waals surface area (Å²) in [5.74, 6) is 1.67. The molecule has 2 aromatic heterocycles. The summed E-state index contributed by atoms with van der Waals surface area (Å²) in [6.45, 7) is 6.61. The number of aliphatic hydroxyl groups is 1. The average Bonchev–Trinajstić information content (AvgIpc) is 2.98. The van der Waals surface area contributed by atoms with E-state index >= 15 is 0 Å². The Morgan fingerprint density at radius 3 is 2.74 bits per heavy atom. The fourth-order valence-corrected chi connectivity index (χ4v) is 5.28. The van der Waals surface area contributed by atoms with Gasteiger partial charge in [-0.25, -0.2) is 0 Å². The van der Waals surface area contributed by atoms with Gasteiger partial charge in [0.2, 0.25) is 0 Å².